The van der Waals surface area contributed by atoms with Crippen molar-refractivity contribution in [2.75, 3.05) is 0 Å². The quantitative estimate of drug-likeness (QED) is 0.894. The topological polar surface area (TPSA) is 84.7 Å². The van der Waals surface area contributed by atoms with Crippen LogP contribution in [0.1, 0.15) is 36.9 Å². The third-order valence-corrected chi connectivity index (χ3v) is 4.58. The second-order valence-electron chi connectivity index (χ2n) is 5.56. The minimum absolute atomic E-state index is 0.231. The van der Waals surface area contributed by atoms with Crippen molar-refractivity contribution in [3.05, 3.63) is 28.2 Å². The van der Waals surface area contributed by atoms with Gasteiger partial charge in [0.15, 0.2) is 5.82 Å². The molecule has 112 valence electrons. The maximum atomic E-state index is 12.0. The summed E-state index contributed by atoms with van der Waals surface area (Å²) < 4.78 is 2.08. The summed E-state index contributed by atoms with van der Waals surface area (Å²) in [4.78, 5) is 16.3. The smallest absolute Gasteiger partial charge is 0.315 e. The maximum absolute atomic E-state index is 12.0. The molecule has 7 nitrogen and oxygen atoms in total. The first kappa shape index (κ1) is 14.0. The Labute approximate surface area is 126 Å². The lowest BCUT2D eigenvalue weighted by Crippen LogP contribution is -2.46. The highest BCUT2D eigenvalue weighted by molar-refractivity contribution is 7.09. The molecule has 2 N–H and O–H groups in total. The minimum Gasteiger partial charge on any atom is -0.331 e. The van der Waals surface area contributed by atoms with Crippen LogP contribution >= 0.6 is 11.3 Å². The first-order valence-electron chi connectivity index (χ1n) is 6.93. The molecule has 2 aromatic heterocycles. The second-order valence-corrected chi connectivity index (χ2v) is 6.45. The highest BCUT2D eigenvalue weighted by atomic mass is 32.1. The van der Waals surface area contributed by atoms with Crippen LogP contribution in [0.4, 0.5) is 4.79 Å². The van der Waals surface area contributed by atoms with E-state index in [2.05, 4.69) is 30.4 Å². The highest BCUT2D eigenvalue weighted by Crippen LogP contribution is 2.21. The Morgan fingerprint density at radius 2 is 2.33 bits per heavy atom. The molecule has 3 rings (SSSR count). The van der Waals surface area contributed by atoms with Gasteiger partial charge in [-0.3, -0.25) is 0 Å². The van der Waals surface area contributed by atoms with Crippen LogP contribution in [0.5, 0.6) is 0 Å². The highest BCUT2D eigenvalue weighted by Gasteiger charge is 2.25. The number of amides is 2. The lowest BCUT2D eigenvalue weighted by Gasteiger charge is -2.23. The molecule has 1 aliphatic heterocycles. The van der Waals surface area contributed by atoms with Crippen molar-refractivity contribution in [2.24, 2.45) is 0 Å². The first-order valence-corrected chi connectivity index (χ1v) is 7.81. The van der Waals surface area contributed by atoms with Crippen LogP contribution in [0.2, 0.25) is 0 Å². The molecular weight excluding hydrogens is 288 g/mol. The summed E-state index contributed by atoms with van der Waals surface area (Å²) in [5.41, 5.74) is -0.495. The predicted octanol–water partition coefficient (Wildman–Crippen LogP) is 1.42. The number of aromatic nitrogens is 4. The molecule has 0 fully saturated rings. The Kier molecular flexibility index (Phi) is 3.62. The summed E-state index contributed by atoms with van der Waals surface area (Å²) >= 11 is 1.52. The van der Waals surface area contributed by atoms with E-state index in [0.717, 1.165) is 36.0 Å². The average Bonchev–Trinajstić information content (AvgIpc) is 3.14. The molecule has 0 atom stereocenters. The third kappa shape index (κ3) is 2.90. The van der Waals surface area contributed by atoms with Crippen molar-refractivity contribution in [2.45, 2.75) is 45.3 Å². The number of thiazole rings is 1. The maximum Gasteiger partial charge on any atom is 0.315 e. The van der Waals surface area contributed by atoms with E-state index < -0.39 is 5.54 Å². The summed E-state index contributed by atoms with van der Waals surface area (Å²) in [7, 11) is 0. The summed E-state index contributed by atoms with van der Waals surface area (Å²) in [6.07, 6.45) is 3.80. The summed E-state index contributed by atoms with van der Waals surface area (Å²) in [5, 5.41) is 16.8. The molecule has 1 aliphatic rings. The number of hydrogen-bond donors (Lipinski definition) is 2. The van der Waals surface area contributed by atoms with E-state index in [9.17, 15) is 4.79 Å². The molecule has 0 unspecified atom stereocenters. The van der Waals surface area contributed by atoms with Gasteiger partial charge in [0.05, 0.1) is 12.1 Å². The van der Waals surface area contributed by atoms with E-state index in [1.165, 1.54) is 11.3 Å². The molecule has 0 aromatic carbocycles. The molecule has 0 radical (unpaired) electrons. The first-order chi connectivity index (χ1) is 10.1. The predicted molar refractivity (Wildman–Crippen MR) is 78.9 cm³/mol. The van der Waals surface area contributed by atoms with Crippen LogP contribution in [-0.4, -0.2) is 25.8 Å². The fourth-order valence-corrected chi connectivity index (χ4v) is 3.13. The van der Waals surface area contributed by atoms with Gasteiger partial charge in [0.2, 0.25) is 0 Å². The molecule has 8 heteroatoms. The van der Waals surface area contributed by atoms with Crippen LogP contribution in [0.3, 0.4) is 0 Å². The monoisotopic (exact) mass is 306 g/mol. The number of carbonyl (C=O) groups is 1. The Morgan fingerprint density at radius 1 is 1.48 bits per heavy atom. The molecule has 0 aliphatic carbocycles. The van der Waals surface area contributed by atoms with Crippen molar-refractivity contribution in [1.29, 1.82) is 0 Å². The van der Waals surface area contributed by atoms with Gasteiger partial charge >= 0.3 is 6.03 Å². The van der Waals surface area contributed by atoms with Crippen molar-refractivity contribution >= 4 is 17.4 Å². The van der Waals surface area contributed by atoms with Gasteiger partial charge in [0.1, 0.15) is 10.8 Å². The summed E-state index contributed by atoms with van der Waals surface area (Å²) in [6.45, 7) is 5.18. The zero-order chi connectivity index (χ0) is 14.9. The molecule has 2 amide bonds. The largest absolute Gasteiger partial charge is 0.331 e. The number of nitrogens with one attached hydrogen (secondary N) is 2. The molecule has 3 heterocycles. The van der Waals surface area contributed by atoms with Crippen LogP contribution in [-0.2, 0) is 25.0 Å². The Hall–Kier alpha value is -1.96. The molecule has 0 spiro atoms. The van der Waals surface area contributed by atoms with Crippen LogP contribution in [0, 0.1) is 0 Å². The summed E-state index contributed by atoms with van der Waals surface area (Å²) in [5.74, 6) is 1.82. The van der Waals surface area contributed by atoms with Gasteiger partial charge in [-0.1, -0.05) is 0 Å². The van der Waals surface area contributed by atoms with Crippen molar-refractivity contribution < 1.29 is 4.79 Å². The van der Waals surface area contributed by atoms with Gasteiger partial charge < -0.3 is 15.2 Å². The Bertz CT molecular complexity index is 633. The average molecular weight is 306 g/mol. The SMILES string of the molecule is CC(C)(NC(=O)NCc1nnc2n1CCC2)c1nccs1. The van der Waals surface area contributed by atoms with Gasteiger partial charge in [0, 0.05) is 24.5 Å². The number of carbonyl (C=O) groups excluding carboxylic acids is 1. The Morgan fingerprint density at radius 3 is 3.10 bits per heavy atom. The standard InChI is InChI=1S/C13H18N6OS/c1-13(2,11-14-5-7-21-11)16-12(20)15-8-10-18-17-9-4-3-6-19(9)10/h5,7H,3-4,6,8H2,1-2H3,(H2,15,16,20). The number of hydrogen-bond acceptors (Lipinski definition) is 5. The second kappa shape index (κ2) is 5.44. The fraction of sp³-hybridized carbons (Fsp3) is 0.538. The van der Waals surface area contributed by atoms with Crippen LogP contribution in [0.25, 0.3) is 0 Å². The van der Waals surface area contributed by atoms with Crippen LogP contribution < -0.4 is 10.6 Å². The van der Waals surface area contributed by atoms with E-state index >= 15 is 0 Å². The zero-order valence-corrected chi connectivity index (χ0v) is 12.9. The number of urea groups is 1. The van der Waals surface area contributed by atoms with Crippen molar-refractivity contribution in [3.63, 3.8) is 0 Å². The van der Waals surface area contributed by atoms with Crippen LogP contribution in [0.15, 0.2) is 11.6 Å². The fourth-order valence-electron chi connectivity index (χ4n) is 2.41. The van der Waals surface area contributed by atoms with E-state index in [-0.39, 0.29) is 6.03 Å². The third-order valence-electron chi connectivity index (χ3n) is 3.49. The zero-order valence-electron chi connectivity index (χ0n) is 12.1. The number of nitrogens with zero attached hydrogens (tertiary/aromatic N) is 4. The van der Waals surface area contributed by atoms with Gasteiger partial charge in [-0.25, -0.2) is 9.78 Å². The molecular formula is C13H18N6OS. The molecule has 21 heavy (non-hydrogen) atoms. The molecule has 0 saturated heterocycles. The molecule has 2 aromatic rings. The van der Waals surface area contributed by atoms with E-state index in [1.807, 2.05) is 19.2 Å². The summed E-state index contributed by atoms with van der Waals surface area (Å²) in [6, 6.07) is -0.231. The minimum atomic E-state index is -0.495. The number of fused-ring (bicyclic) bond motifs is 1. The number of rotatable bonds is 4. The lowest BCUT2D eigenvalue weighted by molar-refractivity contribution is 0.229. The number of aryl methyl sites for hydroxylation is 1. The van der Waals surface area contributed by atoms with Gasteiger partial charge in [-0.05, 0) is 20.3 Å². The normalized spacial score (nSPS) is 14.0. The van der Waals surface area contributed by atoms with Gasteiger partial charge in [0.25, 0.3) is 0 Å². The molecule has 0 bridgehead atoms. The Balaban J connectivity index is 1.57. The van der Waals surface area contributed by atoms with E-state index in [4.69, 9.17) is 0 Å². The van der Waals surface area contributed by atoms with Crippen molar-refractivity contribution in [3.8, 4) is 0 Å². The van der Waals surface area contributed by atoms with Gasteiger partial charge in [-0.15, -0.1) is 21.5 Å². The van der Waals surface area contributed by atoms with Crippen molar-refractivity contribution in [1.82, 2.24) is 30.4 Å². The van der Waals surface area contributed by atoms with Gasteiger partial charge in [-0.2, -0.15) is 0 Å². The lowest BCUT2D eigenvalue weighted by atomic mass is 10.1. The molecule has 0 saturated carbocycles. The van der Waals surface area contributed by atoms with E-state index in [0.29, 0.717) is 6.54 Å². The van der Waals surface area contributed by atoms with E-state index in [1.54, 1.807) is 6.20 Å².